The van der Waals surface area contributed by atoms with E-state index in [1.807, 2.05) is 17.1 Å². The lowest BCUT2D eigenvalue weighted by molar-refractivity contribution is -0.0596. The number of nitrogens with zero attached hydrogens (tertiary/aromatic N) is 3. The van der Waals surface area contributed by atoms with Crippen molar-refractivity contribution in [3.05, 3.63) is 53.9 Å². The molecule has 2 aromatic rings. The third-order valence-electron chi connectivity index (χ3n) is 5.93. The van der Waals surface area contributed by atoms with Crippen molar-refractivity contribution < 1.29 is 5.11 Å². The summed E-state index contributed by atoms with van der Waals surface area (Å²) in [6.45, 7) is 7.41. The van der Waals surface area contributed by atoms with Crippen molar-refractivity contribution in [3.8, 4) is 0 Å². The molecule has 1 aromatic carbocycles. The Bertz CT molecular complexity index is 717. The Hall–Kier alpha value is -1.65. The third kappa shape index (κ3) is 3.13. The predicted octanol–water partition coefficient (Wildman–Crippen LogP) is 3.65. The maximum absolute atomic E-state index is 11.4. The van der Waals surface area contributed by atoms with E-state index in [2.05, 4.69) is 61.1 Å². The Morgan fingerprint density at radius 1 is 1.12 bits per heavy atom. The van der Waals surface area contributed by atoms with Gasteiger partial charge in [0.25, 0.3) is 0 Å². The van der Waals surface area contributed by atoms with Gasteiger partial charge < -0.3 is 5.11 Å². The molecule has 2 aliphatic heterocycles. The van der Waals surface area contributed by atoms with Gasteiger partial charge >= 0.3 is 0 Å². The molecule has 134 valence electrons. The van der Waals surface area contributed by atoms with Crippen LogP contribution in [0, 0.1) is 0 Å². The molecule has 2 fully saturated rings. The maximum atomic E-state index is 11.4. The van der Waals surface area contributed by atoms with Gasteiger partial charge in [0.1, 0.15) is 0 Å². The highest BCUT2D eigenvalue weighted by atomic mass is 16.3. The predicted molar refractivity (Wildman–Crippen MR) is 99.1 cm³/mol. The molecule has 2 unspecified atom stereocenters. The summed E-state index contributed by atoms with van der Waals surface area (Å²) in [6, 6.07) is 11.6. The van der Waals surface area contributed by atoms with Crippen LogP contribution in [-0.2, 0) is 17.7 Å². The van der Waals surface area contributed by atoms with Crippen molar-refractivity contribution in [1.82, 2.24) is 14.7 Å². The lowest BCUT2D eigenvalue weighted by atomic mass is 9.81. The van der Waals surface area contributed by atoms with Crippen LogP contribution in [-0.4, -0.2) is 31.9 Å². The molecule has 2 atom stereocenters. The topological polar surface area (TPSA) is 41.3 Å². The van der Waals surface area contributed by atoms with E-state index in [1.165, 1.54) is 18.4 Å². The molecule has 2 saturated heterocycles. The van der Waals surface area contributed by atoms with E-state index >= 15 is 0 Å². The van der Waals surface area contributed by atoms with Crippen LogP contribution in [0.2, 0.25) is 0 Å². The Balaban J connectivity index is 1.53. The number of hydrogen-bond donors (Lipinski definition) is 1. The van der Waals surface area contributed by atoms with Crippen molar-refractivity contribution in [2.24, 2.45) is 0 Å². The molecule has 4 rings (SSSR count). The van der Waals surface area contributed by atoms with Gasteiger partial charge in [-0.2, -0.15) is 5.10 Å². The van der Waals surface area contributed by atoms with Gasteiger partial charge in [-0.25, -0.2) is 0 Å². The summed E-state index contributed by atoms with van der Waals surface area (Å²) >= 11 is 0. The quantitative estimate of drug-likeness (QED) is 0.928. The molecule has 2 aliphatic rings. The molecule has 0 spiro atoms. The standard InChI is InChI=1S/C21H29N3O/c1-20(2,3)24-15-17(13-22-24)21(25)11-18-9-10-19(12-21)23(18)14-16-7-5-4-6-8-16/h4-8,13,15,18-19,25H,9-12,14H2,1-3H3. The summed E-state index contributed by atoms with van der Waals surface area (Å²) in [5.74, 6) is 0. The summed E-state index contributed by atoms with van der Waals surface area (Å²) in [6.07, 6.45) is 7.92. The molecule has 4 heteroatoms. The summed E-state index contributed by atoms with van der Waals surface area (Å²) in [4.78, 5) is 2.61. The van der Waals surface area contributed by atoms with E-state index in [-0.39, 0.29) is 5.54 Å². The van der Waals surface area contributed by atoms with Crippen LogP contribution in [0.3, 0.4) is 0 Å². The van der Waals surface area contributed by atoms with Gasteiger partial charge in [0.05, 0.1) is 17.3 Å². The molecule has 1 N–H and O–H groups in total. The second kappa shape index (κ2) is 5.96. The lowest BCUT2D eigenvalue weighted by Gasteiger charge is -2.43. The number of fused-ring (bicyclic) bond motifs is 2. The summed E-state index contributed by atoms with van der Waals surface area (Å²) in [5.41, 5.74) is 1.56. The largest absolute Gasteiger partial charge is 0.385 e. The van der Waals surface area contributed by atoms with Gasteiger partial charge in [-0.05, 0) is 52.0 Å². The molecular weight excluding hydrogens is 310 g/mol. The van der Waals surface area contributed by atoms with Crippen LogP contribution in [0.4, 0.5) is 0 Å². The first-order valence-corrected chi connectivity index (χ1v) is 9.43. The van der Waals surface area contributed by atoms with Crippen LogP contribution in [0.5, 0.6) is 0 Å². The van der Waals surface area contributed by atoms with E-state index in [0.29, 0.717) is 12.1 Å². The first-order valence-electron chi connectivity index (χ1n) is 9.43. The van der Waals surface area contributed by atoms with Crippen molar-refractivity contribution in [1.29, 1.82) is 0 Å². The smallest absolute Gasteiger partial charge is 0.0956 e. The van der Waals surface area contributed by atoms with Crippen molar-refractivity contribution >= 4 is 0 Å². The van der Waals surface area contributed by atoms with Crippen molar-refractivity contribution in [2.75, 3.05) is 0 Å². The highest BCUT2D eigenvalue weighted by Gasteiger charge is 2.48. The van der Waals surface area contributed by atoms with Crippen molar-refractivity contribution in [2.45, 2.75) is 76.2 Å². The first-order chi connectivity index (χ1) is 11.9. The zero-order valence-corrected chi connectivity index (χ0v) is 15.5. The molecule has 0 aliphatic carbocycles. The van der Waals surface area contributed by atoms with Crippen molar-refractivity contribution in [3.63, 3.8) is 0 Å². The number of aromatic nitrogens is 2. The first kappa shape index (κ1) is 16.8. The summed E-state index contributed by atoms with van der Waals surface area (Å²) < 4.78 is 1.97. The number of hydrogen-bond acceptors (Lipinski definition) is 3. The van der Waals surface area contributed by atoms with E-state index < -0.39 is 5.60 Å². The zero-order valence-electron chi connectivity index (χ0n) is 15.5. The Morgan fingerprint density at radius 2 is 1.76 bits per heavy atom. The molecule has 0 saturated carbocycles. The van der Waals surface area contributed by atoms with Gasteiger partial charge in [-0.1, -0.05) is 30.3 Å². The fourth-order valence-corrected chi connectivity index (χ4v) is 4.53. The van der Waals surface area contributed by atoms with E-state index in [9.17, 15) is 5.11 Å². The Kier molecular flexibility index (Phi) is 4.00. The minimum atomic E-state index is -0.734. The van der Waals surface area contributed by atoms with Gasteiger partial charge in [0.15, 0.2) is 0 Å². The minimum absolute atomic E-state index is 0.0540. The molecule has 1 aromatic heterocycles. The van der Waals surface area contributed by atoms with Crippen LogP contribution < -0.4 is 0 Å². The van der Waals surface area contributed by atoms with Crippen LogP contribution in [0.15, 0.2) is 42.7 Å². The van der Waals surface area contributed by atoms with Crippen LogP contribution in [0.25, 0.3) is 0 Å². The molecule has 4 nitrogen and oxygen atoms in total. The highest BCUT2D eigenvalue weighted by Crippen LogP contribution is 2.46. The molecular formula is C21H29N3O. The highest BCUT2D eigenvalue weighted by molar-refractivity contribution is 5.22. The molecule has 2 bridgehead atoms. The zero-order chi connectivity index (χ0) is 17.7. The van der Waals surface area contributed by atoms with E-state index in [4.69, 9.17) is 0 Å². The molecule has 0 radical (unpaired) electrons. The maximum Gasteiger partial charge on any atom is 0.0956 e. The number of piperidine rings is 1. The monoisotopic (exact) mass is 339 g/mol. The third-order valence-corrected chi connectivity index (χ3v) is 5.93. The Labute approximate surface area is 150 Å². The average Bonchev–Trinajstić information content (AvgIpc) is 3.14. The van der Waals surface area contributed by atoms with Gasteiger partial charge in [-0.15, -0.1) is 0 Å². The number of benzene rings is 1. The van der Waals surface area contributed by atoms with E-state index in [0.717, 1.165) is 24.9 Å². The number of rotatable bonds is 3. The lowest BCUT2D eigenvalue weighted by Crippen LogP contribution is -2.49. The SMILES string of the molecule is CC(C)(C)n1cc(C2(O)CC3CCC(C2)N3Cc2ccccc2)cn1. The number of aliphatic hydroxyl groups is 1. The van der Waals surface area contributed by atoms with E-state index in [1.54, 1.807) is 0 Å². The molecule has 3 heterocycles. The average molecular weight is 339 g/mol. The van der Waals surface area contributed by atoms with Crippen LogP contribution >= 0.6 is 0 Å². The molecule has 0 amide bonds. The second-order valence-electron chi connectivity index (χ2n) is 8.83. The van der Waals surface area contributed by atoms with Gasteiger partial charge in [0, 0.05) is 30.4 Å². The summed E-state index contributed by atoms with van der Waals surface area (Å²) in [5, 5.41) is 15.9. The fourth-order valence-electron chi connectivity index (χ4n) is 4.53. The normalized spacial score (nSPS) is 29.9. The fraction of sp³-hybridized carbons (Fsp3) is 0.571. The van der Waals surface area contributed by atoms with Gasteiger partial charge in [0.2, 0.25) is 0 Å². The Morgan fingerprint density at radius 3 is 2.32 bits per heavy atom. The van der Waals surface area contributed by atoms with Crippen LogP contribution in [0.1, 0.15) is 57.6 Å². The molecule has 25 heavy (non-hydrogen) atoms. The summed E-state index contributed by atoms with van der Waals surface area (Å²) in [7, 11) is 0. The minimum Gasteiger partial charge on any atom is -0.385 e. The second-order valence-corrected chi connectivity index (χ2v) is 8.83. The van der Waals surface area contributed by atoms with Gasteiger partial charge in [-0.3, -0.25) is 9.58 Å².